The average Bonchev–Trinajstić information content (AvgIpc) is 3.23. The summed E-state index contributed by atoms with van der Waals surface area (Å²) in [6.45, 7) is 2.57. The van der Waals surface area contributed by atoms with Gasteiger partial charge in [-0.05, 0) is 36.4 Å². The van der Waals surface area contributed by atoms with Crippen LogP contribution in [0.15, 0.2) is 61.2 Å². The van der Waals surface area contributed by atoms with Crippen molar-refractivity contribution >= 4 is 11.7 Å². The second-order valence-electron chi connectivity index (χ2n) is 6.11. The Labute approximate surface area is 150 Å². The van der Waals surface area contributed by atoms with Gasteiger partial charge >= 0.3 is 0 Å². The first kappa shape index (κ1) is 16.3. The third-order valence-electron chi connectivity index (χ3n) is 4.49. The zero-order valence-corrected chi connectivity index (χ0v) is 14.1. The maximum atomic E-state index is 13.0. The number of aromatic nitrogens is 3. The molecule has 2 aromatic heterocycles. The predicted molar refractivity (Wildman–Crippen MR) is 95.9 cm³/mol. The van der Waals surface area contributed by atoms with E-state index in [2.05, 4.69) is 14.9 Å². The Morgan fingerprint density at radius 2 is 1.58 bits per heavy atom. The first-order valence-corrected chi connectivity index (χ1v) is 8.46. The zero-order chi connectivity index (χ0) is 17.9. The molecule has 7 heteroatoms. The molecule has 0 saturated carbocycles. The highest BCUT2D eigenvalue weighted by atomic mass is 19.1. The van der Waals surface area contributed by atoms with Crippen molar-refractivity contribution in [3.63, 3.8) is 0 Å². The van der Waals surface area contributed by atoms with Crippen molar-refractivity contribution < 1.29 is 9.18 Å². The van der Waals surface area contributed by atoms with Crippen LogP contribution in [0.3, 0.4) is 0 Å². The average molecular weight is 351 g/mol. The smallest absolute Gasteiger partial charge is 0.253 e. The second-order valence-corrected chi connectivity index (χ2v) is 6.11. The van der Waals surface area contributed by atoms with Crippen molar-refractivity contribution in [1.29, 1.82) is 0 Å². The number of halogens is 1. The predicted octanol–water partition coefficient (Wildman–Crippen LogP) is 2.37. The topological polar surface area (TPSA) is 54.3 Å². The molecule has 0 unspecified atom stereocenters. The molecule has 1 aliphatic rings. The van der Waals surface area contributed by atoms with Gasteiger partial charge in [0.25, 0.3) is 5.91 Å². The summed E-state index contributed by atoms with van der Waals surface area (Å²) in [6, 6.07) is 11.5. The number of piperazine rings is 1. The highest BCUT2D eigenvalue weighted by Gasteiger charge is 2.23. The van der Waals surface area contributed by atoms with E-state index in [9.17, 15) is 9.18 Å². The molecule has 6 nitrogen and oxygen atoms in total. The van der Waals surface area contributed by atoms with Gasteiger partial charge in [-0.1, -0.05) is 0 Å². The fourth-order valence-electron chi connectivity index (χ4n) is 3.05. The summed E-state index contributed by atoms with van der Waals surface area (Å²) in [5.74, 6) is 1.25. The Hall–Kier alpha value is -3.22. The zero-order valence-electron chi connectivity index (χ0n) is 14.1. The molecular weight excluding hydrogens is 333 g/mol. The summed E-state index contributed by atoms with van der Waals surface area (Å²) in [5.41, 5.74) is 0.511. The second kappa shape index (κ2) is 6.95. The van der Waals surface area contributed by atoms with Crippen LogP contribution in [0.25, 0.3) is 5.82 Å². The highest BCUT2D eigenvalue weighted by molar-refractivity contribution is 5.94. The SMILES string of the molecule is O=C(c1ccc(F)cc1)N1CCN(c2cc(-n3cccc3)ncn2)CC1. The van der Waals surface area contributed by atoms with Crippen LogP contribution in [0, 0.1) is 5.82 Å². The van der Waals surface area contributed by atoms with Crippen LogP contribution in [0.1, 0.15) is 10.4 Å². The van der Waals surface area contributed by atoms with Crippen LogP contribution in [0.5, 0.6) is 0 Å². The number of hydrogen-bond donors (Lipinski definition) is 0. The molecule has 132 valence electrons. The van der Waals surface area contributed by atoms with Crippen LogP contribution in [-0.2, 0) is 0 Å². The molecule has 0 spiro atoms. The minimum absolute atomic E-state index is 0.0691. The molecule has 0 atom stereocenters. The molecule has 0 radical (unpaired) electrons. The Kier molecular flexibility index (Phi) is 4.35. The van der Waals surface area contributed by atoms with Gasteiger partial charge in [0.15, 0.2) is 0 Å². The molecule has 0 bridgehead atoms. The van der Waals surface area contributed by atoms with Gasteiger partial charge in [-0.2, -0.15) is 0 Å². The van der Waals surface area contributed by atoms with Gasteiger partial charge in [0.1, 0.15) is 23.8 Å². The number of rotatable bonds is 3. The summed E-state index contributed by atoms with van der Waals surface area (Å²) < 4.78 is 15.0. The fourth-order valence-corrected chi connectivity index (χ4v) is 3.05. The van der Waals surface area contributed by atoms with Crippen molar-refractivity contribution in [2.75, 3.05) is 31.1 Å². The van der Waals surface area contributed by atoms with E-state index in [4.69, 9.17) is 0 Å². The quantitative estimate of drug-likeness (QED) is 0.727. The molecule has 3 aromatic rings. The van der Waals surface area contributed by atoms with Crippen LogP contribution in [0.4, 0.5) is 10.2 Å². The highest BCUT2D eigenvalue weighted by Crippen LogP contribution is 2.17. The first-order valence-electron chi connectivity index (χ1n) is 8.46. The number of anilines is 1. The van der Waals surface area contributed by atoms with Crippen LogP contribution in [0.2, 0.25) is 0 Å². The minimum Gasteiger partial charge on any atom is -0.353 e. The van der Waals surface area contributed by atoms with E-state index < -0.39 is 0 Å². The third-order valence-corrected chi connectivity index (χ3v) is 4.49. The van der Waals surface area contributed by atoms with Gasteiger partial charge in [-0.25, -0.2) is 14.4 Å². The first-order chi connectivity index (χ1) is 12.7. The Morgan fingerprint density at radius 3 is 2.27 bits per heavy atom. The lowest BCUT2D eigenvalue weighted by atomic mass is 10.2. The standard InChI is InChI=1S/C19H18FN5O/c20-16-5-3-15(4-6-16)19(26)25-11-9-24(10-12-25)18-13-17(21-14-22-18)23-7-1-2-8-23/h1-8,13-14H,9-12H2. The number of hydrogen-bond acceptors (Lipinski definition) is 4. The minimum atomic E-state index is -0.339. The van der Waals surface area contributed by atoms with E-state index in [0.29, 0.717) is 31.7 Å². The summed E-state index contributed by atoms with van der Waals surface area (Å²) in [4.78, 5) is 25.1. The summed E-state index contributed by atoms with van der Waals surface area (Å²) >= 11 is 0. The molecule has 1 fully saturated rings. The molecule has 1 aromatic carbocycles. The molecule has 4 rings (SSSR count). The normalized spacial score (nSPS) is 14.5. The van der Waals surface area contributed by atoms with Crippen LogP contribution < -0.4 is 4.90 Å². The molecule has 0 aliphatic carbocycles. The lowest BCUT2D eigenvalue weighted by Gasteiger charge is -2.35. The lowest BCUT2D eigenvalue weighted by Crippen LogP contribution is -2.49. The largest absolute Gasteiger partial charge is 0.353 e. The number of nitrogens with zero attached hydrogens (tertiary/aromatic N) is 5. The maximum Gasteiger partial charge on any atom is 0.253 e. The molecule has 1 amide bonds. The number of benzene rings is 1. The van der Waals surface area contributed by atoms with E-state index in [0.717, 1.165) is 11.6 Å². The lowest BCUT2D eigenvalue weighted by molar-refractivity contribution is 0.0746. The van der Waals surface area contributed by atoms with Gasteiger partial charge in [-0.3, -0.25) is 4.79 Å². The monoisotopic (exact) mass is 351 g/mol. The van der Waals surface area contributed by atoms with Crippen molar-refractivity contribution in [1.82, 2.24) is 19.4 Å². The van der Waals surface area contributed by atoms with Crippen molar-refractivity contribution in [2.45, 2.75) is 0 Å². The van der Waals surface area contributed by atoms with Gasteiger partial charge in [0, 0.05) is 50.2 Å². The van der Waals surface area contributed by atoms with Gasteiger partial charge in [-0.15, -0.1) is 0 Å². The Morgan fingerprint density at radius 1 is 0.923 bits per heavy atom. The van der Waals surface area contributed by atoms with Crippen LogP contribution in [-0.4, -0.2) is 51.5 Å². The van der Waals surface area contributed by atoms with Crippen molar-refractivity contribution in [2.24, 2.45) is 0 Å². The van der Waals surface area contributed by atoms with E-state index in [1.165, 1.54) is 24.3 Å². The molecule has 0 N–H and O–H groups in total. The van der Waals surface area contributed by atoms with E-state index in [1.807, 2.05) is 35.2 Å². The third kappa shape index (κ3) is 3.28. The van der Waals surface area contributed by atoms with Gasteiger partial charge in [0.05, 0.1) is 0 Å². The number of amides is 1. The van der Waals surface area contributed by atoms with Crippen molar-refractivity contribution in [3.05, 3.63) is 72.6 Å². The van der Waals surface area contributed by atoms with Crippen LogP contribution >= 0.6 is 0 Å². The molecule has 1 saturated heterocycles. The maximum absolute atomic E-state index is 13.0. The van der Waals surface area contributed by atoms with Gasteiger partial charge < -0.3 is 14.4 Å². The van der Waals surface area contributed by atoms with Gasteiger partial charge in [0.2, 0.25) is 0 Å². The fraction of sp³-hybridized carbons (Fsp3) is 0.211. The molecular formula is C19H18FN5O. The summed E-state index contributed by atoms with van der Waals surface area (Å²) in [7, 11) is 0. The number of carbonyl (C=O) groups excluding carboxylic acids is 1. The Balaban J connectivity index is 1.43. The molecule has 3 heterocycles. The van der Waals surface area contributed by atoms with E-state index >= 15 is 0 Å². The van der Waals surface area contributed by atoms with Crippen molar-refractivity contribution in [3.8, 4) is 5.82 Å². The van der Waals surface area contributed by atoms with E-state index in [-0.39, 0.29) is 11.7 Å². The summed E-state index contributed by atoms with van der Waals surface area (Å²) in [6.07, 6.45) is 5.43. The van der Waals surface area contributed by atoms with E-state index in [1.54, 1.807) is 11.2 Å². The number of carbonyl (C=O) groups is 1. The summed E-state index contributed by atoms with van der Waals surface area (Å²) in [5, 5.41) is 0. The Bertz CT molecular complexity index is 887. The molecule has 1 aliphatic heterocycles. The molecule has 26 heavy (non-hydrogen) atoms.